The van der Waals surface area contributed by atoms with Crippen LogP contribution in [0.5, 0.6) is 0 Å². The second kappa shape index (κ2) is 9.16. The van der Waals surface area contributed by atoms with Crippen LogP contribution in [0.25, 0.3) is 0 Å². The molecule has 1 heterocycles. The minimum Gasteiger partial charge on any atom is -0.466 e. The van der Waals surface area contributed by atoms with Crippen molar-refractivity contribution in [2.45, 2.75) is 63.1 Å². The average Bonchev–Trinajstić information content (AvgIpc) is 2.48. The van der Waals surface area contributed by atoms with Crippen molar-refractivity contribution in [2.75, 3.05) is 13.2 Å². The zero-order valence-corrected chi connectivity index (χ0v) is 12.6. The van der Waals surface area contributed by atoms with Gasteiger partial charge in [0.15, 0.2) is 0 Å². The summed E-state index contributed by atoms with van der Waals surface area (Å²) in [4.78, 5) is 23.0. The third-order valence-corrected chi connectivity index (χ3v) is 3.56. The summed E-state index contributed by atoms with van der Waals surface area (Å²) >= 11 is 0. The van der Waals surface area contributed by atoms with Crippen molar-refractivity contribution in [1.29, 1.82) is 0 Å². The Bertz CT molecular complexity index is 370. The van der Waals surface area contributed by atoms with Crippen LogP contribution in [-0.2, 0) is 19.1 Å². The van der Waals surface area contributed by atoms with Crippen molar-refractivity contribution in [3.8, 4) is 0 Å². The van der Waals surface area contributed by atoms with Gasteiger partial charge in [-0.1, -0.05) is 0 Å². The van der Waals surface area contributed by atoms with Gasteiger partial charge in [0.2, 0.25) is 0 Å². The van der Waals surface area contributed by atoms with Gasteiger partial charge in [-0.05, 0) is 13.3 Å². The van der Waals surface area contributed by atoms with Crippen molar-refractivity contribution in [3.63, 3.8) is 0 Å². The van der Waals surface area contributed by atoms with Crippen LogP contribution in [0.2, 0.25) is 0 Å². The van der Waals surface area contributed by atoms with Crippen molar-refractivity contribution < 1.29 is 39.5 Å². The van der Waals surface area contributed by atoms with E-state index in [1.807, 2.05) is 0 Å². The van der Waals surface area contributed by atoms with E-state index in [1.165, 1.54) is 0 Å². The average molecular weight is 320 g/mol. The Morgan fingerprint density at radius 1 is 1.05 bits per heavy atom. The third-order valence-electron chi connectivity index (χ3n) is 3.56. The number of hydrogen-bond donors (Lipinski definition) is 4. The minimum atomic E-state index is -1.48. The van der Waals surface area contributed by atoms with Crippen LogP contribution in [0.15, 0.2) is 0 Å². The maximum Gasteiger partial charge on any atom is 0.305 e. The molecule has 0 radical (unpaired) electrons. The third kappa shape index (κ3) is 5.29. The number of rotatable bonds is 8. The molecule has 0 aliphatic carbocycles. The first-order chi connectivity index (χ1) is 10.4. The van der Waals surface area contributed by atoms with E-state index in [0.29, 0.717) is 6.42 Å². The van der Waals surface area contributed by atoms with Crippen LogP contribution < -0.4 is 0 Å². The van der Waals surface area contributed by atoms with Gasteiger partial charge < -0.3 is 29.9 Å². The smallest absolute Gasteiger partial charge is 0.305 e. The zero-order valence-electron chi connectivity index (χ0n) is 12.6. The normalized spacial score (nSPS) is 31.8. The summed E-state index contributed by atoms with van der Waals surface area (Å²) in [5, 5.41) is 38.1. The molecule has 0 amide bonds. The number of carbonyl (C=O) groups is 2. The van der Waals surface area contributed by atoms with Gasteiger partial charge >= 0.3 is 5.97 Å². The maximum absolute atomic E-state index is 11.8. The van der Waals surface area contributed by atoms with Gasteiger partial charge in [0, 0.05) is 19.3 Å². The molecule has 4 N–H and O–H groups in total. The van der Waals surface area contributed by atoms with Crippen LogP contribution >= 0.6 is 0 Å². The first kappa shape index (κ1) is 19.0. The molecule has 1 saturated heterocycles. The van der Waals surface area contributed by atoms with E-state index in [9.17, 15) is 24.9 Å². The SMILES string of the molecule is CCOC(=O)CCCC(=O)C[C@@H]1OC(CO)[C@@H](O)C(O)C1O. The van der Waals surface area contributed by atoms with Gasteiger partial charge in [0.1, 0.15) is 30.2 Å². The van der Waals surface area contributed by atoms with Crippen LogP contribution in [0.1, 0.15) is 32.6 Å². The second-order valence-electron chi connectivity index (χ2n) is 5.27. The molecule has 8 nitrogen and oxygen atoms in total. The predicted molar refractivity (Wildman–Crippen MR) is 73.9 cm³/mol. The van der Waals surface area contributed by atoms with Crippen LogP contribution in [0.3, 0.4) is 0 Å². The van der Waals surface area contributed by atoms with Crippen molar-refractivity contribution >= 4 is 11.8 Å². The van der Waals surface area contributed by atoms with E-state index >= 15 is 0 Å². The van der Waals surface area contributed by atoms with Gasteiger partial charge in [-0.2, -0.15) is 0 Å². The topological polar surface area (TPSA) is 134 Å². The Kier molecular flexibility index (Phi) is 7.91. The van der Waals surface area contributed by atoms with E-state index < -0.39 is 37.1 Å². The quantitative estimate of drug-likeness (QED) is 0.398. The Labute approximate surface area is 128 Å². The lowest BCUT2D eigenvalue weighted by Crippen LogP contribution is -2.58. The van der Waals surface area contributed by atoms with Crippen molar-refractivity contribution in [2.24, 2.45) is 0 Å². The summed E-state index contributed by atoms with van der Waals surface area (Å²) < 4.78 is 9.99. The molecule has 0 aromatic heterocycles. The van der Waals surface area contributed by atoms with Crippen molar-refractivity contribution in [1.82, 2.24) is 0 Å². The molecule has 5 atom stereocenters. The first-order valence-corrected chi connectivity index (χ1v) is 7.38. The number of Topliss-reactive ketones (excluding diaryl/α,β-unsaturated/α-hetero) is 1. The number of carbonyl (C=O) groups excluding carboxylic acids is 2. The molecule has 0 saturated carbocycles. The fourth-order valence-corrected chi connectivity index (χ4v) is 2.34. The van der Waals surface area contributed by atoms with E-state index in [4.69, 9.17) is 14.6 Å². The van der Waals surface area contributed by atoms with Crippen LogP contribution in [0, 0.1) is 0 Å². The summed E-state index contributed by atoms with van der Waals surface area (Å²) in [5.74, 6) is -0.614. The molecule has 1 aliphatic heterocycles. The van der Waals surface area contributed by atoms with E-state index in [1.54, 1.807) is 6.92 Å². The molecule has 0 aromatic carbocycles. The Balaban J connectivity index is 2.41. The van der Waals surface area contributed by atoms with E-state index in [0.717, 1.165) is 0 Å². The molecule has 1 fully saturated rings. The fourth-order valence-electron chi connectivity index (χ4n) is 2.34. The lowest BCUT2D eigenvalue weighted by Gasteiger charge is -2.39. The van der Waals surface area contributed by atoms with Gasteiger partial charge in [0.05, 0.1) is 19.3 Å². The minimum absolute atomic E-state index is 0.119. The highest BCUT2D eigenvalue weighted by atomic mass is 16.5. The Morgan fingerprint density at radius 2 is 1.68 bits per heavy atom. The number of hydrogen-bond acceptors (Lipinski definition) is 8. The highest BCUT2D eigenvalue weighted by Gasteiger charge is 2.43. The molecular weight excluding hydrogens is 296 g/mol. The molecule has 1 rings (SSSR count). The zero-order chi connectivity index (χ0) is 16.7. The number of ketones is 1. The van der Waals surface area contributed by atoms with Crippen LogP contribution in [-0.4, -0.2) is 75.9 Å². The lowest BCUT2D eigenvalue weighted by atomic mass is 9.92. The molecule has 0 bridgehead atoms. The molecule has 3 unspecified atom stereocenters. The Morgan fingerprint density at radius 3 is 2.27 bits per heavy atom. The van der Waals surface area contributed by atoms with E-state index in [2.05, 4.69) is 0 Å². The molecule has 22 heavy (non-hydrogen) atoms. The number of esters is 1. The molecular formula is C14H24O8. The Hall–Kier alpha value is -1.06. The van der Waals surface area contributed by atoms with Crippen LogP contribution in [0.4, 0.5) is 0 Å². The largest absolute Gasteiger partial charge is 0.466 e. The van der Waals surface area contributed by atoms with Gasteiger partial charge in [-0.25, -0.2) is 0 Å². The number of ether oxygens (including phenoxy) is 2. The summed E-state index contributed by atoms with van der Waals surface area (Å²) in [6, 6.07) is 0. The first-order valence-electron chi connectivity index (χ1n) is 7.38. The van der Waals surface area contributed by atoms with E-state index in [-0.39, 0.29) is 37.6 Å². The monoisotopic (exact) mass is 320 g/mol. The number of aliphatic hydroxyl groups is 4. The highest BCUT2D eigenvalue weighted by molar-refractivity contribution is 5.79. The second-order valence-corrected chi connectivity index (χ2v) is 5.27. The predicted octanol–water partition coefficient (Wildman–Crippen LogP) is -1.48. The van der Waals surface area contributed by atoms with Gasteiger partial charge in [-0.15, -0.1) is 0 Å². The van der Waals surface area contributed by atoms with Crippen molar-refractivity contribution in [3.05, 3.63) is 0 Å². The summed E-state index contributed by atoms with van der Waals surface area (Å²) in [5.41, 5.74) is 0. The highest BCUT2D eigenvalue weighted by Crippen LogP contribution is 2.23. The molecule has 8 heteroatoms. The van der Waals surface area contributed by atoms with Gasteiger partial charge in [-0.3, -0.25) is 9.59 Å². The number of aliphatic hydroxyl groups excluding tert-OH is 4. The van der Waals surface area contributed by atoms with Gasteiger partial charge in [0.25, 0.3) is 0 Å². The summed E-state index contributed by atoms with van der Waals surface area (Å²) in [7, 11) is 0. The molecule has 0 aromatic rings. The molecule has 0 spiro atoms. The fraction of sp³-hybridized carbons (Fsp3) is 0.857. The summed E-state index contributed by atoms with van der Waals surface area (Å²) in [6.45, 7) is 1.46. The molecule has 1 aliphatic rings. The summed E-state index contributed by atoms with van der Waals surface area (Å²) in [6.07, 6.45) is -5.92. The molecule has 128 valence electrons. The lowest BCUT2D eigenvalue weighted by molar-refractivity contribution is -0.229. The standard InChI is InChI=1S/C14H24O8/c1-2-21-11(17)5-3-4-8(16)6-9-12(18)14(20)13(19)10(7-15)22-9/h9-10,12-15,18-20H,2-7H2,1H3/t9-,10?,12?,13+,14?/m0/s1. The maximum atomic E-state index is 11.8.